The van der Waals surface area contributed by atoms with Crippen LogP contribution in [-0.4, -0.2) is 35.0 Å². The van der Waals surface area contributed by atoms with Crippen LogP contribution in [0.3, 0.4) is 0 Å². The maximum atomic E-state index is 11.4. The van der Waals surface area contributed by atoms with Gasteiger partial charge in [-0.15, -0.1) is 11.6 Å². The molecular formula is C11H17ClN2O. The standard InChI is InChI=1S/C11H17ClN2O/c1-10(9-12)13(2)7-8-14-6-4-3-5-11(14)15/h3-6,10H,7-9H2,1-2H3. The molecule has 0 saturated heterocycles. The topological polar surface area (TPSA) is 25.2 Å². The predicted octanol–water partition coefficient (Wildman–Crippen LogP) is 1.41. The Hall–Kier alpha value is -0.800. The fourth-order valence-corrected chi connectivity index (χ4v) is 1.48. The van der Waals surface area contributed by atoms with Gasteiger partial charge in [-0.3, -0.25) is 4.79 Å². The molecule has 84 valence electrons. The molecule has 0 amide bonds. The van der Waals surface area contributed by atoms with Gasteiger partial charge in [0.25, 0.3) is 5.56 Å². The SMILES string of the molecule is CC(CCl)N(C)CCn1ccccc1=O. The third kappa shape index (κ3) is 3.68. The third-order valence-electron chi connectivity index (χ3n) is 2.57. The lowest BCUT2D eigenvalue weighted by Crippen LogP contribution is -2.34. The molecule has 0 aliphatic heterocycles. The van der Waals surface area contributed by atoms with E-state index in [1.165, 1.54) is 0 Å². The Morgan fingerprint density at radius 1 is 1.53 bits per heavy atom. The zero-order chi connectivity index (χ0) is 11.3. The van der Waals surface area contributed by atoms with Crippen molar-refractivity contribution < 1.29 is 0 Å². The molecule has 4 heteroatoms. The van der Waals surface area contributed by atoms with Crippen molar-refractivity contribution in [2.75, 3.05) is 19.5 Å². The van der Waals surface area contributed by atoms with Crippen LogP contribution >= 0.6 is 11.6 Å². The first-order valence-corrected chi connectivity index (χ1v) is 5.60. The Bertz CT molecular complexity index is 350. The molecule has 0 aromatic carbocycles. The monoisotopic (exact) mass is 228 g/mol. The minimum Gasteiger partial charge on any atom is -0.314 e. The van der Waals surface area contributed by atoms with Gasteiger partial charge >= 0.3 is 0 Å². The van der Waals surface area contributed by atoms with Crippen LogP contribution in [0, 0.1) is 0 Å². The predicted molar refractivity (Wildman–Crippen MR) is 63.5 cm³/mol. The number of rotatable bonds is 5. The van der Waals surface area contributed by atoms with Crippen molar-refractivity contribution in [1.29, 1.82) is 0 Å². The summed E-state index contributed by atoms with van der Waals surface area (Å²) in [4.78, 5) is 13.5. The fraction of sp³-hybridized carbons (Fsp3) is 0.545. The molecule has 1 heterocycles. The van der Waals surface area contributed by atoms with Crippen molar-refractivity contribution in [3.63, 3.8) is 0 Å². The number of hydrogen-bond donors (Lipinski definition) is 0. The highest BCUT2D eigenvalue weighted by Gasteiger charge is 2.07. The summed E-state index contributed by atoms with van der Waals surface area (Å²) >= 11 is 5.75. The van der Waals surface area contributed by atoms with Crippen LogP contribution in [0.2, 0.25) is 0 Å². The summed E-state index contributed by atoms with van der Waals surface area (Å²) in [5, 5.41) is 0. The maximum Gasteiger partial charge on any atom is 0.250 e. The number of aromatic nitrogens is 1. The van der Waals surface area contributed by atoms with Crippen molar-refractivity contribution >= 4 is 11.6 Å². The fourth-order valence-electron chi connectivity index (χ4n) is 1.25. The van der Waals surface area contributed by atoms with E-state index in [2.05, 4.69) is 11.8 Å². The van der Waals surface area contributed by atoms with E-state index in [1.807, 2.05) is 19.3 Å². The average Bonchev–Trinajstić information content (AvgIpc) is 2.26. The summed E-state index contributed by atoms with van der Waals surface area (Å²) in [6, 6.07) is 5.53. The van der Waals surface area contributed by atoms with E-state index in [-0.39, 0.29) is 5.56 Å². The normalized spacial score (nSPS) is 13.1. The smallest absolute Gasteiger partial charge is 0.250 e. The maximum absolute atomic E-state index is 11.4. The summed E-state index contributed by atoms with van der Waals surface area (Å²) in [6.07, 6.45) is 1.81. The summed E-state index contributed by atoms with van der Waals surface area (Å²) in [5.41, 5.74) is 0.0458. The number of halogens is 1. The molecule has 15 heavy (non-hydrogen) atoms. The van der Waals surface area contributed by atoms with Crippen molar-refractivity contribution in [3.05, 3.63) is 34.7 Å². The molecule has 0 radical (unpaired) electrons. The highest BCUT2D eigenvalue weighted by atomic mass is 35.5. The highest BCUT2D eigenvalue weighted by Crippen LogP contribution is 1.97. The van der Waals surface area contributed by atoms with E-state index in [9.17, 15) is 4.79 Å². The molecule has 1 atom stereocenters. The molecule has 0 saturated carbocycles. The lowest BCUT2D eigenvalue weighted by atomic mass is 10.3. The molecular weight excluding hydrogens is 212 g/mol. The van der Waals surface area contributed by atoms with Gasteiger partial charge in [0, 0.05) is 37.3 Å². The second-order valence-electron chi connectivity index (χ2n) is 3.72. The number of pyridine rings is 1. The number of hydrogen-bond acceptors (Lipinski definition) is 2. The van der Waals surface area contributed by atoms with E-state index < -0.39 is 0 Å². The van der Waals surface area contributed by atoms with E-state index in [4.69, 9.17) is 11.6 Å². The lowest BCUT2D eigenvalue weighted by Gasteiger charge is -2.22. The second kappa shape index (κ2) is 5.93. The van der Waals surface area contributed by atoms with Crippen molar-refractivity contribution in [1.82, 2.24) is 9.47 Å². The van der Waals surface area contributed by atoms with Crippen molar-refractivity contribution in [2.24, 2.45) is 0 Å². The van der Waals surface area contributed by atoms with Crippen LogP contribution in [0.4, 0.5) is 0 Å². The summed E-state index contributed by atoms with van der Waals surface area (Å²) in [5.74, 6) is 0.611. The third-order valence-corrected chi connectivity index (χ3v) is 3.01. The lowest BCUT2D eigenvalue weighted by molar-refractivity contribution is 0.264. The highest BCUT2D eigenvalue weighted by molar-refractivity contribution is 6.18. The van der Waals surface area contributed by atoms with Crippen molar-refractivity contribution in [2.45, 2.75) is 19.5 Å². The van der Waals surface area contributed by atoms with E-state index >= 15 is 0 Å². The van der Waals surface area contributed by atoms with E-state index in [0.717, 1.165) is 6.54 Å². The molecule has 1 aromatic heterocycles. The molecule has 1 unspecified atom stereocenters. The Morgan fingerprint density at radius 3 is 2.87 bits per heavy atom. The molecule has 0 aliphatic rings. The summed E-state index contributed by atoms with van der Waals surface area (Å²) < 4.78 is 1.71. The van der Waals surface area contributed by atoms with Gasteiger partial charge in [0.05, 0.1) is 0 Å². The first-order valence-electron chi connectivity index (χ1n) is 5.07. The summed E-state index contributed by atoms with van der Waals surface area (Å²) in [6.45, 7) is 3.61. The number of likely N-dealkylation sites (N-methyl/N-ethyl adjacent to an activating group) is 1. The first kappa shape index (κ1) is 12.3. The molecule has 0 N–H and O–H groups in total. The van der Waals surface area contributed by atoms with Gasteiger partial charge in [-0.05, 0) is 20.0 Å². The van der Waals surface area contributed by atoms with Gasteiger partial charge in [0.2, 0.25) is 0 Å². The largest absolute Gasteiger partial charge is 0.314 e. The van der Waals surface area contributed by atoms with Gasteiger partial charge in [0.15, 0.2) is 0 Å². The minimum absolute atomic E-state index is 0.0458. The molecule has 0 bridgehead atoms. The average molecular weight is 229 g/mol. The van der Waals surface area contributed by atoms with Gasteiger partial charge < -0.3 is 9.47 Å². The van der Waals surface area contributed by atoms with Crippen LogP contribution < -0.4 is 5.56 Å². The van der Waals surface area contributed by atoms with E-state index in [0.29, 0.717) is 18.5 Å². The van der Waals surface area contributed by atoms with Crippen LogP contribution in [-0.2, 0) is 6.54 Å². The Labute approximate surface area is 95.3 Å². The van der Waals surface area contributed by atoms with Gasteiger partial charge in [-0.25, -0.2) is 0 Å². The minimum atomic E-state index is 0.0458. The molecule has 1 rings (SSSR count). The van der Waals surface area contributed by atoms with E-state index in [1.54, 1.807) is 16.7 Å². The van der Waals surface area contributed by atoms with Crippen LogP contribution in [0.5, 0.6) is 0 Å². The van der Waals surface area contributed by atoms with Gasteiger partial charge in [-0.1, -0.05) is 6.07 Å². The van der Waals surface area contributed by atoms with Crippen LogP contribution in [0.25, 0.3) is 0 Å². The molecule has 0 aliphatic carbocycles. The number of nitrogens with zero attached hydrogens (tertiary/aromatic N) is 2. The van der Waals surface area contributed by atoms with Crippen LogP contribution in [0.1, 0.15) is 6.92 Å². The zero-order valence-electron chi connectivity index (χ0n) is 9.19. The van der Waals surface area contributed by atoms with Crippen LogP contribution in [0.15, 0.2) is 29.2 Å². The molecule has 0 spiro atoms. The molecule has 0 fully saturated rings. The summed E-state index contributed by atoms with van der Waals surface area (Å²) in [7, 11) is 2.01. The Balaban J connectivity index is 2.51. The number of alkyl halides is 1. The van der Waals surface area contributed by atoms with Gasteiger partial charge in [0.1, 0.15) is 0 Å². The Kier molecular flexibility index (Phi) is 4.85. The van der Waals surface area contributed by atoms with Gasteiger partial charge in [-0.2, -0.15) is 0 Å². The first-order chi connectivity index (χ1) is 7.15. The molecule has 3 nitrogen and oxygen atoms in total. The quantitative estimate of drug-likeness (QED) is 0.712. The van der Waals surface area contributed by atoms with Crippen molar-refractivity contribution in [3.8, 4) is 0 Å². The zero-order valence-corrected chi connectivity index (χ0v) is 9.94. The Morgan fingerprint density at radius 2 is 2.27 bits per heavy atom. The molecule has 1 aromatic rings. The second-order valence-corrected chi connectivity index (χ2v) is 4.02.